The lowest BCUT2D eigenvalue weighted by atomic mass is 9.62. The predicted octanol–water partition coefficient (Wildman–Crippen LogP) is 5.04. The van der Waals surface area contributed by atoms with E-state index in [0.29, 0.717) is 5.41 Å². The fourth-order valence-corrected chi connectivity index (χ4v) is 3.82. The Balaban J connectivity index is 2.21. The van der Waals surface area contributed by atoms with E-state index < -0.39 is 0 Å². The molecule has 1 saturated carbocycles. The molecular weight excluding hydrogens is 204 g/mol. The summed E-state index contributed by atoms with van der Waals surface area (Å²) in [4.78, 5) is 0. The first-order chi connectivity index (χ1) is 8.01. The number of benzene rings is 1. The zero-order chi connectivity index (χ0) is 12.5. The van der Waals surface area contributed by atoms with Crippen molar-refractivity contribution in [2.75, 3.05) is 0 Å². The molecule has 3 atom stereocenters. The van der Waals surface area contributed by atoms with Crippen LogP contribution in [0.2, 0.25) is 0 Å². The van der Waals surface area contributed by atoms with Crippen LogP contribution in [0.15, 0.2) is 30.3 Å². The molecule has 0 bridgehead atoms. The first-order valence-electron chi connectivity index (χ1n) is 7.07. The van der Waals surface area contributed by atoms with E-state index in [1.54, 1.807) is 0 Å². The molecule has 1 aromatic carbocycles. The summed E-state index contributed by atoms with van der Waals surface area (Å²) in [6, 6.07) is 11.1. The fraction of sp³-hybridized carbons (Fsp3) is 0.647. The minimum atomic E-state index is 0.320. The van der Waals surface area contributed by atoms with Crippen molar-refractivity contribution in [2.24, 2.45) is 17.8 Å². The zero-order valence-electron chi connectivity index (χ0n) is 11.7. The van der Waals surface area contributed by atoms with E-state index >= 15 is 0 Å². The molecule has 0 amide bonds. The van der Waals surface area contributed by atoms with Gasteiger partial charge in [0, 0.05) is 0 Å². The van der Waals surface area contributed by atoms with Gasteiger partial charge in [-0.3, -0.25) is 0 Å². The zero-order valence-corrected chi connectivity index (χ0v) is 11.7. The minimum absolute atomic E-state index is 0.320. The van der Waals surface area contributed by atoms with Gasteiger partial charge in [0.25, 0.3) is 0 Å². The molecule has 1 aliphatic rings. The standard InChI is InChI=1S/C17H26/c1-13-10-11-16(14(2)12-13)17(3,4)15-8-6-5-7-9-15/h5-9,13-14,16H,10-12H2,1-4H3. The highest BCUT2D eigenvalue weighted by Gasteiger charge is 2.37. The smallest absolute Gasteiger partial charge is 0.00728 e. The van der Waals surface area contributed by atoms with Crippen LogP contribution < -0.4 is 0 Å². The Morgan fingerprint density at radius 3 is 2.24 bits per heavy atom. The van der Waals surface area contributed by atoms with E-state index in [9.17, 15) is 0 Å². The summed E-state index contributed by atoms with van der Waals surface area (Å²) in [7, 11) is 0. The quantitative estimate of drug-likeness (QED) is 0.668. The first-order valence-corrected chi connectivity index (χ1v) is 7.07. The van der Waals surface area contributed by atoms with Gasteiger partial charge in [-0.1, -0.05) is 64.4 Å². The van der Waals surface area contributed by atoms with E-state index in [2.05, 4.69) is 58.0 Å². The van der Waals surface area contributed by atoms with Crippen molar-refractivity contribution in [3.05, 3.63) is 35.9 Å². The largest absolute Gasteiger partial charge is 0.0625 e. The summed E-state index contributed by atoms with van der Waals surface area (Å²) >= 11 is 0. The summed E-state index contributed by atoms with van der Waals surface area (Å²) in [6.07, 6.45) is 4.20. The average Bonchev–Trinajstić information content (AvgIpc) is 2.29. The molecule has 0 N–H and O–H groups in total. The number of hydrogen-bond acceptors (Lipinski definition) is 0. The third kappa shape index (κ3) is 2.56. The molecule has 1 fully saturated rings. The summed E-state index contributed by atoms with van der Waals surface area (Å²) < 4.78 is 0. The van der Waals surface area contributed by atoms with Gasteiger partial charge in [0.05, 0.1) is 0 Å². The summed E-state index contributed by atoms with van der Waals surface area (Å²) in [5, 5.41) is 0. The Morgan fingerprint density at radius 2 is 1.65 bits per heavy atom. The highest BCUT2D eigenvalue weighted by Crippen LogP contribution is 2.45. The average molecular weight is 230 g/mol. The molecule has 17 heavy (non-hydrogen) atoms. The van der Waals surface area contributed by atoms with Gasteiger partial charge in [0.1, 0.15) is 0 Å². The molecule has 0 spiro atoms. The van der Waals surface area contributed by atoms with Gasteiger partial charge in [-0.05, 0) is 41.6 Å². The van der Waals surface area contributed by atoms with Crippen molar-refractivity contribution >= 4 is 0 Å². The van der Waals surface area contributed by atoms with Crippen molar-refractivity contribution in [3.8, 4) is 0 Å². The normalized spacial score (nSPS) is 30.2. The van der Waals surface area contributed by atoms with Crippen LogP contribution in [0.1, 0.15) is 52.5 Å². The molecule has 0 saturated heterocycles. The molecule has 1 aliphatic carbocycles. The molecule has 0 aliphatic heterocycles. The maximum atomic E-state index is 2.45. The van der Waals surface area contributed by atoms with Gasteiger partial charge in [-0.15, -0.1) is 0 Å². The van der Waals surface area contributed by atoms with Crippen molar-refractivity contribution in [1.82, 2.24) is 0 Å². The maximum Gasteiger partial charge on any atom is -0.00728 e. The maximum absolute atomic E-state index is 2.45. The van der Waals surface area contributed by atoms with Gasteiger partial charge in [-0.25, -0.2) is 0 Å². The Labute approximate surface area is 106 Å². The molecule has 1 aromatic rings. The monoisotopic (exact) mass is 230 g/mol. The topological polar surface area (TPSA) is 0 Å². The Bertz CT molecular complexity index is 350. The van der Waals surface area contributed by atoms with Gasteiger partial charge in [-0.2, -0.15) is 0 Å². The van der Waals surface area contributed by atoms with Crippen LogP contribution in [0.5, 0.6) is 0 Å². The Hall–Kier alpha value is -0.780. The SMILES string of the molecule is CC1CCC(C(C)(C)c2ccccc2)C(C)C1. The van der Waals surface area contributed by atoms with E-state index in [1.165, 1.54) is 24.8 Å². The first kappa shape index (κ1) is 12.7. The van der Waals surface area contributed by atoms with Crippen LogP contribution in [0.25, 0.3) is 0 Å². The second-order valence-electron chi connectivity index (χ2n) is 6.59. The molecule has 0 heterocycles. The Morgan fingerprint density at radius 1 is 1.00 bits per heavy atom. The van der Waals surface area contributed by atoms with Gasteiger partial charge in [0.15, 0.2) is 0 Å². The third-order valence-electron chi connectivity index (χ3n) is 4.88. The van der Waals surface area contributed by atoms with E-state index in [4.69, 9.17) is 0 Å². The van der Waals surface area contributed by atoms with Gasteiger partial charge in [0.2, 0.25) is 0 Å². The fourth-order valence-electron chi connectivity index (χ4n) is 3.82. The van der Waals surface area contributed by atoms with Crippen molar-refractivity contribution in [2.45, 2.75) is 52.4 Å². The minimum Gasteiger partial charge on any atom is -0.0625 e. The van der Waals surface area contributed by atoms with E-state index in [0.717, 1.165) is 17.8 Å². The molecule has 0 aromatic heterocycles. The van der Waals surface area contributed by atoms with Gasteiger partial charge < -0.3 is 0 Å². The summed E-state index contributed by atoms with van der Waals surface area (Å²) in [6.45, 7) is 9.71. The van der Waals surface area contributed by atoms with Crippen LogP contribution in [-0.4, -0.2) is 0 Å². The third-order valence-corrected chi connectivity index (χ3v) is 4.88. The lowest BCUT2D eigenvalue weighted by molar-refractivity contribution is 0.133. The lowest BCUT2D eigenvalue weighted by Gasteiger charge is -2.43. The van der Waals surface area contributed by atoms with E-state index in [1.807, 2.05) is 0 Å². The van der Waals surface area contributed by atoms with Crippen LogP contribution in [0, 0.1) is 17.8 Å². The van der Waals surface area contributed by atoms with Crippen molar-refractivity contribution in [3.63, 3.8) is 0 Å². The van der Waals surface area contributed by atoms with Crippen LogP contribution in [0.3, 0.4) is 0 Å². The second kappa shape index (κ2) is 4.84. The molecule has 94 valence electrons. The van der Waals surface area contributed by atoms with Crippen LogP contribution in [-0.2, 0) is 5.41 Å². The van der Waals surface area contributed by atoms with Crippen molar-refractivity contribution < 1.29 is 0 Å². The van der Waals surface area contributed by atoms with Crippen LogP contribution in [0.4, 0.5) is 0 Å². The lowest BCUT2D eigenvalue weighted by Crippen LogP contribution is -2.36. The molecular formula is C17H26. The Kier molecular flexibility index (Phi) is 3.61. The molecule has 2 rings (SSSR count). The van der Waals surface area contributed by atoms with Crippen LogP contribution >= 0.6 is 0 Å². The summed E-state index contributed by atoms with van der Waals surface area (Å²) in [5.74, 6) is 2.61. The van der Waals surface area contributed by atoms with E-state index in [-0.39, 0.29) is 0 Å². The highest BCUT2D eigenvalue weighted by molar-refractivity contribution is 5.25. The second-order valence-corrected chi connectivity index (χ2v) is 6.59. The number of hydrogen-bond donors (Lipinski definition) is 0. The van der Waals surface area contributed by atoms with Crippen molar-refractivity contribution in [1.29, 1.82) is 0 Å². The molecule has 0 nitrogen and oxygen atoms in total. The van der Waals surface area contributed by atoms with Gasteiger partial charge >= 0.3 is 0 Å². The molecule has 0 radical (unpaired) electrons. The number of rotatable bonds is 2. The molecule has 0 heteroatoms. The predicted molar refractivity (Wildman–Crippen MR) is 75.1 cm³/mol. The highest BCUT2D eigenvalue weighted by atomic mass is 14.4. The molecule has 3 unspecified atom stereocenters. The summed E-state index contributed by atoms with van der Waals surface area (Å²) in [5.41, 5.74) is 1.83.